The normalized spacial score (nSPS) is 21.7. The summed E-state index contributed by atoms with van der Waals surface area (Å²) in [5.74, 6) is 0.117. The van der Waals surface area contributed by atoms with Crippen molar-refractivity contribution in [2.24, 2.45) is 11.7 Å². The third kappa shape index (κ3) is 4.97. The highest BCUT2D eigenvalue weighted by molar-refractivity contribution is 5.86. The number of piperidine rings is 1. The van der Waals surface area contributed by atoms with Gasteiger partial charge in [-0.1, -0.05) is 30.3 Å². The number of amides is 3. The van der Waals surface area contributed by atoms with Gasteiger partial charge >= 0.3 is 6.03 Å². The Morgan fingerprint density at radius 3 is 2.50 bits per heavy atom. The maximum atomic E-state index is 12.3. The number of hydrogen-bond acceptors (Lipinski definition) is 3. The predicted octanol–water partition coefficient (Wildman–Crippen LogP) is 1.60. The van der Waals surface area contributed by atoms with Crippen molar-refractivity contribution in [3.05, 3.63) is 35.9 Å². The van der Waals surface area contributed by atoms with Crippen LogP contribution >= 0.6 is 0 Å². The molecule has 26 heavy (non-hydrogen) atoms. The van der Waals surface area contributed by atoms with E-state index in [1.54, 1.807) is 4.90 Å². The molecule has 1 aromatic rings. The number of likely N-dealkylation sites (tertiary alicyclic amines) is 2. The van der Waals surface area contributed by atoms with E-state index >= 15 is 0 Å². The van der Waals surface area contributed by atoms with Crippen LogP contribution in [0.3, 0.4) is 0 Å². The van der Waals surface area contributed by atoms with E-state index in [0.717, 1.165) is 45.3 Å². The molecule has 0 saturated carbocycles. The number of nitrogens with one attached hydrogen (secondary N) is 1. The van der Waals surface area contributed by atoms with Crippen LogP contribution in [0.5, 0.6) is 0 Å². The number of carbonyl (C=O) groups is 2. The Morgan fingerprint density at radius 1 is 1.08 bits per heavy atom. The quantitative estimate of drug-likeness (QED) is 0.811. The first kappa shape index (κ1) is 18.7. The molecule has 1 atom stereocenters. The number of nitrogens with two attached hydrogens (primary N) is 1. The molecule has 0 aliphatic carbocycles. The van der Waals surface area contributed by atoms with E-state index in [1.807, 2.05) is 0 Å². The highest BCUT2D eigenvalue weighted by atomic mass is 16.2. The number of primary amides is 1. The highest BCUT2D eigenvalue weighted by Gasteiger charge is 2.32. The van der Waals surface area contributed by atoms with Crippen LogP contribution in [0.2, 0.25) is 0 Å². The van der Waals surface area contributed by atoms with Crippen LogP contribution in [0.1, 0.15) is 31.2 Å². The molecule has 6 heteroatoms. The molecule has 6 nitrogen and oxygen atoms in total. The first-order chi connectivity index (χ1) is 12.6. The Balaban J connectivity index is 1.35. The van der Waals surface area contributed by atoms with Crippen molar-refractivity contribution in [2.45, 2.75) is 38.1 Å². The minimum absolute atomic E-state index is 0.141. The first-order valence-corrected chi connectivity index (χ1v) is 9.73. The van der Waals surface area contributed by atoms with Gasteiger partial charge in [-0.3, -0.25) is 4.79 Å². The maximum Gasteiger partial charge on any atom is 0.318 e. The van der Waals surface area contributed by atoms with E-state index in [9.17, 15) is 9.59 Å². The number of rotatable bonds is 6. The Hall–Kier alpha value is -2.08. The van der Waals surface area contributed by atoms with E-state index in [4.69, 9.17) is 5.73 Å². The molecular weight excluding hydrogens is 328 g/mol. The van der Waals surface area contributed by atoms with Gasteiger partial charge in [0.25, 0.3) is 0 Å². The zero-order valence-corrected chi connectivity index (χ0v) is 15.4. The average Bonchev–Trinajstić information content (AvgIpc) is 3.16. The molecule has 2 aliphatic rings. The van der Waals surface area contributed by atoms with E-state index < -0.39 is 11.9 Å². The predicted molar refractivity (Wildman–Crippen MR) is 102 cm³/mol. The molecule has 2 aliphatic heterocycles. The molecule has 0 bridgehead atoms. The van der Waals surface area contributed by atoms with Gasteiger partial charge in [0.2, 0.25) is 5.91 Å². The minimum atomic E-state index is -0.435. The van der Waals surface area contributed by atoms with Crippen LogP contribution in [0, 0.1) is 5.92 Å². The number of urea groups is 1. The van der Waals surface area contributed by atoms with Gasteiger partial charge in [-0.05, 0) is 56.7 Å². The Morgan fingerprint density at radius 2 is 1.81 bits per heavy atom. The average molecular weight is 358 g/mol. The molecule has 0 unspecified atom stereocenters. The van der Waals surface area contributed by atoms with E-state index in [0.29, 0.717) is 25.4 Å². The molecule has 0 radical (unpaired) electrons. The summed E-state index contributed by atoms with van der Waals surface area (Å²) < 4.78 is 0. The van der Waals surface area contributed by atoms with Crippen molar-refractivity contribution >= 4 is 11.9 Å². The number of carbonyl (C=O) groups excluding carboxylic acids is 2. The molecule has 1 aromatic carbocycles. The van der Waals surface area contributed by atoms with Crippen LogP contribution in [0.25, 0.3) is 0 Å². The van der Waals surface area contributed by atoms with Gasteiger partial charge in [0.1, 0.15) is 6.04 Å². The maximum absolute atomic E-state index is 12.3. The lowest BCUT2D eigenvalue weighted by molar-refractivity contribution is -0.121. The van der Waals surface area contributed by atoms with Gasteiger partial charge in [-0.15, -0.1) is 0 Å². The molecule has 3 amide bonds. The summed E-state index contributed by atoms with van der Waals surface area (Å²) in [6.07, 6.45) is 4.83. The van der Waals surface area contributed by atoms with Gasteiger partial charge in [0.15, 0.2) is 0 Å². The van der Waals surface area contributed by atoms with Crippen LogP contribution in [0.4, 0.5) is 4.79 Å². The smallest absolute Gasteiger partial charge is 0.318 e. The fraction of sp³-hybridized carbons (Fsp3) is 0.600. The molecular formula is C20H30N4O2. The lowest BCUT2D eigenvalue weighted by atomic mass is 9.96. The first-order valence-electron chi connectivity index (χ1n) is 9.73. The summed E-state index contributed by atoms with van der Waals surface area (Å²) in [6.45, 7) is 4.57. The van der Waals surface area contributed by atoms with E-state index in [1.165, 1.54) is 5.56 Å². The van der Waals surface area contributed by atoms with Gasteiger partial charge in [0, 0.05) is 19.6 Å². The van der Waals surface area contributed by atoms with Crippen LogP contribution in [-0.4, -0.2) is 60.5 Å². The topological polar surface area (TPSA) is 78.7 Å². The van der Waals surface area contributed by atoms with Gasteiger partial charge in [-0.25, -0.2) is 4.79 Å². The number of hydrogen-bond donors (Lipinski definition) is 2. The Bertz CT molecular complexity index is 599. The van der Waals surface area contributed by atoms with Crippen LogP contribution in [-0.2, 0) is 11.2 Å². The van der Waals surface area contributed by atoms with Gasteiger partial charge in [-0.2, -0.15) is 0 Å². The molecule has 0 aromatic heterocycles. The number of benzene rings is 1. The van der Waals surface area contributed by atoms with Gasteiger partial charge in [0.05, 0.1) is 0 Å². The van der Waals surface area contributed by atoms with Crippen molar-refractivity contribution < 1.29 is 9.59 Å². The summed E-state index contributed by atoms with van der Waals surface area (Å²) in [4.78, 5) is 27.8. The van der Waals surface area contributed by atoms with Crippen molar-refractivity contribution in [3.63, 3.8) is 0 Å². The summed E-state index contributed by atoms with van der Waals surface area (Å²) in [5, 5.41) is 3.01. The molecule has 2 fully saturated rings. The van der Waals surface area contributed by atoms with Crippen LogP contribution in [0.15, 0.2) is 30.3 Å². The lowest BCUT2D eigenvalue weighted by Crippen LogP contribution is -2.49. The van der Waals surface area contributed by atoms with Crippen molar-refractivity contribution in [1.82, 2.24) is 15.1 Å². The SMILES string of the molecule is NC(=O)[C@@H]1CCCN1C(=O)NCC1CCN(CCc2ccccc2)CC1. The molecule has 142 valence electrons. The largest absolute Gasteiger partial charge is 0.368 e. The molecule has 3 rings (SSSR count). The summed E-state index contributed by atoms with van der Waals surface area (Å²) in [6, 6.07) is 10.0. The summed E-state index contributed by atoms with van der Waals surface area (Å²) in [5.41, 5.74) is 6.77. The monoisotopic (exact) mass is 358 g/mol. The fourth-order valence-corrected chi connectivity index (χ4v) is 3.98. The van der Waals surface area contributed by atoms with Crippen molar-refractivity contribution in [2.75, 3.05) is 32.7 Å². The second-order valence-corrected chi connectivity index (χ2v) is 7.46. The van der Waals surface area contributed by atoms with E-state index in [-0.39, 0.29) is 6.03 Å². The third-order valence-corrected chi connectivity index (χ3v) is 5.65. The zero-order chi connectivity index (χ0) is 18.4. The molecule has 3 N–H and O–H groups in total. The molecule has 0 spiro atoms. The Labute approximate surface area is 155 Å². The third-order valence-electron chi connectivity index (χ3n) is 5.65. The standard InChI is InChI=1S/C20H30N4O2/c21-19(25)18-7-4-11-24(18)20(26)22-15-17-9-13-23(14-10-17)12-8-16-5-2-1-3-6-16/h1-3,5-6,17-18H,4,7-15H2,(H2,21,25)(H,22,26)/t18-/m0/s1. The van der Waals surface area contributed by atoms with Crippen molar-refractivity contribution in [3.8, 4) is 0 Å². The second kappa shape index (κ2) is 9.03. The summed E-state index contributed by atoms with van der Waals surface area (Å²) in [7, 11) is 0. The fourth-order valence-electron chi connectivity index (χ4n) is 3.98. The van der Waals surface area contributed by atoms with E-state index in [2.05, 4.69) is 40.5 Å². The Kier molecular flexibility index (Phi) is 6.50. The van der Waals surface area contributed by atoms with Crippen LogP contribution < -0.4 is 11.1 Å². The zero-order valence-electron chi connectivity index (χ0n) is 15.4. The van der Waals surface area contributed by atoms with Gasteiger partial charge < -0.3 is 20.9 Å². The highest BCUT2D eigenvalue weighted by Crippen LogP contribution is 2.19. The molecule has 2 saturated heterocycles. The number of nitrogens with zero attached hydrogens (tertiary/aromatic N) is 2. The van der Waals surface area contributed by atoms with Crippen molar-refractivity contribution in [1.29, 1.82) is 0 Å². The molecule has 2 heterocycles. The summed E-state index contributed by atoms with van der Waals surface area (Å²) >= 11 is 0. The lowest BCUT2D eigenvalue weighted by Gasteiger charge is -2.32. The second-order valence-electron chi connectivity index (χ2n) is 7.46. The minimum Gasteiger partial charge on any atom is -0.368 e.